The van der Waals surface area contributed by atoms with Crippen LogP contribution in [0.25, 0.3) is 5.69 Å². The fourth-order valence-corrected chi connectivity index (χ4v) is 4.30. The van der Waals surface area contributed by atoms with Gasteiger partial charge in [0.2, 0.25) is 0 Å². The first kappa shape index (κ1) is 23.0. The molecule has 0 radical (unpaired) electrons. The molecule has 2 atom stereocenters. The summed E-state index contributed by atoms with van der Waals surface area (Å²) in [6.07, 6.45) is 0. The zero-order chi connectivity index (χ0) is 23.0. The lowest BCUT2D eigenvalue weighted by Gasteiger charge is -2.20. The maximum Gasteiger partial charge on any atom is 0.320 e. The van der Waals surface area contributed by atoms with Crippen molar-refractivity contribution in [3.05, 3.63) is 78.0 Å². The van der Waals surface area contributed by atoms with Crippen LogP contribution in [0, 0.1) is 0 Å². The molecule has 33 heavy (non-hydrogen) atoms. The number of likely N-dealkylation sites (tertiary alicyclic amines) is 1. The predicted octanol–water partition coefficient (Wildman–Crippen LogP) is 3.25. The number of aromatic nitrogens is 2. The standard InChI is InChI=1S/C25H31N5O3/c1-32-14-13-29-16-22(19-9-5-3-6-10-19)23(17-29)26-25(31)27-24-15-20(18-33-2)28-30(24)21-11-7-4-8-12-21/h3-12,15,22-23H,13-14,16-18H2,1-2H3,(H2,26,27,31). The summed E-state index contributed by atoms with van der Waals surface area (Å²) in [5.74, 6) is 0.799. The third kappa shape index (κ3) is 5.78. The highest BCUT2D eigenvalue weighted by molar-refractivity contribution is 5.89. The Bertz CT molecular complexity index is 1030. The molecule has 1 fully saturated rings. The fourth-order valence-electron chi connectivity index (χ4n) is 4.30. The lowest BCUT2D eigenvalue weighted by molar-refractivity contribution is 0.159. The minimum absolute atomic E-state index is 0.0178. The van der Waals surface area contributed by atoms with Crippen LogP contribution >= 0.6 is 0 Å². The van der Waals surface area contributed by atoms with Crippen LogP contribution in [-0.2, 0) is 16.1 Å². The molecule has 3 aromatic rings. The van der Waals surface area contributed by atoms with Gasteiger partial charge in [-0.05, 0) is 17.7 Å². The van der Waals surface area contributed by atoms with Crippen LogP contribution in [0.15, 0.2) is 66.7 Å². The molecule has 4 rings (SSSR count). The van der Waals surface area contributed by atoms with E-state index >= 15 is 0 Å². The van der Waals surface area contributed by atoms with Gasteiger partial charge >= 0.3 is 6.03 Å². The van der Waals surface area contributed by atoms with E-state index in [2.05, 4.69) is 32.8 Å². The molecule has 1 aromatic heterocycles. The normalized spacial score (nSPS) is 18.4. The number of amides is 2. The van der Waals surface area contributed by atoms with E-state index in [1.54, 1.807) is 18.9 Å². The SMILES string of the molecule is COCCN1CC(NC(=O)Nc2cc(COC)nn2-c2ccccc2)C(c2ccccc2)C1. The topological polar surface area (TPSA) is 80.7 Å². The first-order valence-electron chi connectivity index (χ1n) is 11.1. The average molecular weight is 450 g/mol. The third-order valence-corrected chi connectivity index (χ3v) is 5.85. The molecule has 8 heteroatoms. The molecule has 0 bridgehead atoms. The van der Waals surface area contributed by atoms with Crippen molar-refractivity contribution >= 4 is 11.8 Å². The molecule has 1 saturated heterocycles. The Balaban J connectivity index is 1.50. The number of methoxy groups -OCH3 is 2. The van der Waals surface area contributed by atoms with Crippen molar-refractivity contribution in [1.82, 2.24) is 20.0 Å². The smallest absolute Gasteiger partial charge is 0.320 e. The van der Waals surface area contributed by atoms with Gasteiger partial charge in [-0.2, -0.15) is 5.10 Å². The summed E-state index contributed by atoms with van der Waals surface area (Å²) in [4.78, 5) is 15.4. The summed E-state index contributed by atoms with van der Waals surface area (Å²) in [7, 11) is 3.34. The van der Waals surface area contributed by atoms with Crippen molar-refractivity contribution in [1.29, 1.82) is 0 Å². The van der Waals surface area contributed by atoms with E-state index in [1.165, 1.54) is 5.56 Å². The number of carbonyl (C=O) groups is 1. The van der Waals surface area contributed by atoms with Gasteiger partial charge in [0.05, 0.1) is 30.6 Å². The number of nitrogens with zero attached hydrogens (tertiary/aromatic N) is 3. The van der Waals surface area contributed by atoms with Crippen LogP contribution < -0.4 is 10.6 Å². The Morgan fingerprint density at radius 2 is 1.76 bits per heavy atom. The van der Waals surface area contributed by atoms with Crippen molar-refractivity contribution in [3.63, 3.8) is 0 Å². The largest absolute Gasteiger partial charge is 0.383 e. The number of anilines is 1. The van der Waals surface area contributed by atoms with Gasteiger partial charge in [0.15, 0.2) is 0 Å². The minimum Gasteiger partial charge on any atom is -0.383 e. The maximum absolute atomic E-state index is 13.1. The molecule has 174 valence electrons. The summed E-state index contributed by atoms with van der Waals surface area (Å²) in [6.45, 7) is 3.50. The molecule has 2 heterocycles. The Morgan fingerprint density at radius 1 is 1.03 bits per heavy atom. The van der Waals surface area contributed by atoms with E-state index in [0.29, 0.717) is 19.0 Å². The molecule has 1 aliphatic rings. The van der Waals surface area contributed by atoms with Crippen LogP contribution in [0.3, 0.4) is 0 Å². The number of ether oxygens (including phenoxy) is 2. The highest BCUT2D eigenvalue weighted by Gasteiger charge is 2.34. The zero-order valence-corrected chi connectivity index (χ0v) is 19.1. The van der Waals surface area contributed by atoms with Gasteiger partial charge in [-0.1, -0.05) is 48.5 Å². The van der Waals surface area contributed by atoms with E-state index in [4.69, 9.17) is 9.47 Å². The van der Waals surface area contributed by atoms with E-state index in [1.807, 2.05) is 54.6 Å². The first-order valence-corrected chi connectivity index (χ1v) is 11.1. The lowest BCUT2D eigenvalue weighted by atomic mass is 9.94. The van der Waals surface area contributed by atoms with Gasteiger partial charge in [-0.15, -0.1) is 0 Å². The van der Waals surface area contributed by atoms with E-state index in [9.17, 15) is 4.79 Å². The lowest BCUT2D eigenvalue weighted by Crippen LogP contribution is -2.42. The monoisotopic (exact) mass is 449 g/mol. The fraction of sp³-hybridized carbons (Fsp3) is 0.360. The number of hydrogen-bond donors (Lipinski definition) is 2. The third-order valence-electron chi connectivity index (χ3n) is 5.85. The van der Waals surface area contributed by atoms with E-state index in [0.717, 1.165) is 31.0 Å². The molecule has 2 N–H and O–H groups in total. The average Bonchev–Trinajstić information content (AvgIpc) is 3.42. The molecule has 2 amide bonds. The van der Waals surface area contributed by atoms with E-state index in [-0.39, 0.29) is 18.0 Å². The second-order valence-electron chi connectivity index (χ2n) is 8.18. The Labute approximate surface area is 194 Å². The number of para-hydroxylation sites is 1. The van der Waals surface area contributed by atoms with Crippen LogP contribution in [0.2, 0.25) is 0 Å². The molecule has 2 unspecified atom stereocenters. The summed E-state index contributed by atoms with van der Waals surface area (Å²) in [5, 5.41) is 10.8. The minimum atomic E-state index is -0.254. The van der Waals surface area contributed by atoms with Crippen LogP contribution in [0.4, 0.5) is 10.6 Å². The van der Waals surface area contributed by atoms with Gasteiger partial charge < -0.3 is 14.8 Å². The van der Waals surface area contributed by atoms with Crippen LogP contribution in [-0.4, -0.2) is 67.2 Å². The predicted molar refractivity (Wildman–Crippen MR) is 128 cm³/mol. The van der Waals surface area contributed by atoms with Gasteiger partial charge in [-0.3, -0.25) is 10.2 Å². The Kier molecular flexibility index (Phi) is 7.72. The molecular weight excluding hydrogens is 418 g/mol. The van der Waals surface area contributed by atoms with Gasteiger partial charge in [0.25, 0.3) is 0 Å². The molecule has 1 aliphatic heterocycles. The van der Waals surface area contributed by atoms with Crippen molar-refractivity contribution in [2.45, 2.75) is 18.6 Å². The maximum atomic E-state index is 13.1. The summed E-state index contributed by atoms with van der Waals surface area (Å²) >= 11 is 0. The molecular formula is C25H31N5O3. The number of carbonyl (C=O) groups excluding carboxylic acids is 1. The van der Waals surface area contributed by atoms with Crippen molar-refractivity contribution in [2.75, 3.05) is 45.8 Å². The number of rotatable bonds is 9. The molecule has 8 nitrogen and oxygen atoms in total. The second-order valence-corrected chi connectivity index (χ2v) is 8.18. The molecule has 0 saturated carbocycles. The van der Waals surface area contributed by atoms with Gasteiger partial charge in [0.1, 0.15) is 5.82 Å². The second kappa shape index (κ2) is 11.1. The first-order chi connectivity index (χ1) is 16.2. The van der Waals surface area contributed by atoms with Crippen molar-refractivity contribution in [3.8, 4) is 5.69 Å². The molecule has 2 aromatic carbocycles. The number of urea groups is 1. The molecule has 0 spiro atoms. The van der Waals surface area contributed by atoms with Gasteiger partial charge in [-0.25, -0.2) is 9.48 Å². The summed E-state index contributed by atoms with van der Waals surface area (Å²) < 4.78 is 12.2. The molecule has 0 aliphatic carbocycles. The van der Waals surface area contributed by atoms with Gasteiger partial charge in [0, 0.05) is 45.8 Å². The number of hydrogen-bond acceptors (Lipinski definition) is 5. The quantitative estimate of drug-likeness (QED) is 0.524. The number of benzene rings is 2. The van der Waals surface area contributed by atoms with Crippen molar-refractivity contribution < 1.29 is 14.3 Å². The van der Waals surface area contributed by atoms with Crippen LogP contribution in [0.5, 0.6) is 0 Å². The highest BCUT2D eigenvalue weighted by Crippen LogP contribution is 2.28. The highest BCUT2D eigenvalue weighted by atomic mass is 16.5. The van der Waals surface area contributed by atoms with Crippen LogP contribution in [0.1, 0.15) is 17.2 Å². The summed E-state index contributed by atoms with van der Waals surface area (Å²) in [5.41, 5.74) is 2.83. The zero-order valence-electron chi connectivity index (χ0n) is 19.1. The number of nitrogens with one attached hydrogen (secondary N) is 2. The Hall–Kier alpha value is -3.20. The van der Waals surface area contributed by atoms with E-state index < -0.39 is 0 Å². The summed E-state index contributed by atoms with van der Waals surface area (Å²) in [6, 6.07) is 21.6. The van der Waals surface area contributed by atoms with Crippen molar-refractivity contribution in [2.24, 2.45) is 0 Å². The Morgan fingerprint density at radius 3 is 2.45 bits per heavy atom.